The van der Waals surface area contributed by atoms with Gasteiger partial charge in [-0.15, -0.1) is 0 Å². The molecule has 0 spiro atoms. The summed E-state index contributed by atoms with van der Waals surface area (Å²) in [6, 6.07) is 10.9. The fourth-order valence-corrected chi connectivity index (χ4v) is 1.56. The monoisotopic (exact) mass is 260 g/mol. The van der Waals surface area contributed by atoms with E-state index >= 15 is 0 Å². The van der Waals surface area contributed by atoms with Crippen LogP contribution in [0.25, 0.3) is 0 Å². The Morgan fingerprint density at radius 2 is 1.84 bits per heavy atom. The van der Waals surface area contributed by atoms with Gasteiger partial charge in [0, 0.05) is 12.1 Å². The van der Waals surface area contributed by atoms with Crippen LogP contribution in [0.1, 0.15) is 0 Å². The lowest BCUT2D eigenvalue weighted by atomic mass is 10.2. The minimum absolute atomic E-state index is 0.000323. The Kier molecular flexibility index (Phi) is 3.51. The molecule has 19 heavy (non-hydrogen) atoms. The number of methoxy groups -OCH3 is 1. The number of para-hydroxylation sites is 1. The van der Waals surface area contributed by atoms with Crippen LogP contribution >= 0.6 is 0 Å². The summed E-state index contributed by atoms with van der Waals surface area (Å²) in [4.78, 5) is 10.1. The molecule has 0 radical (unpaired) electrons. The second-order valence-corrected chi connectivity index (χ2v) is 3.73. The van der Waals surface area contributed by atoms with E-state index in [0.29, 0.717) is 22.9 Å². The summed E-state index contributed by atoms with van der Waals surface area (Å²) in [6.07, 6.45) is 0. The Hall–Kier alpha value is -2.76. The second kappa shape index (κ2) is 5.26. The number of hydrogen-bond donors (Lipinski definition) is 1. The summed E-state index contributed by atoms with van der Waals surface area (Å²) >= 11 is 0. The molecule has 0 saturated heterocycles. The number of anilines is 1. The van der Waals surface area contributed by atoms with E-state index in [2.05, 4.69) is 0 Å². The molecule has 0 aromatic heterocycles. The molecule has 0 saturated carbocycles. The van der Waals surface area contributed by atoms with Crippen LogP contribution in [-0.2, 0) is 0 Å². The van der Waals surface area contributed by atoms with Crippen LogP contribution in [0.3, 0.4) is 0 Å². The number of rotatable bonds is 4. The summed E-state index contributed by atoms with van der Waals surface area (Å²) in [5.41, 5.74) is 6.24. The highest BCUT2D eigenvalue weighted by atomic mass is 16.6. The molecule has 2 aromatic carbocycles. The predicted octanol–water partition coefficient (Wildman–Crippen LogP) is 2.98. The van der Waals surface area contributed by atoms with Crippen LogP contribution in [0.4, 0.5) is 11.4 Å². The van der Waals surface area contributed by atoms with Gasteiger partial charge in [0.25, 0.3) is 5.69 Å². The van der Waals surface area contributed by atoms with Gasteiger partial charge >= 0.3 is 0 Å². The van der Waals surface area contributed by atoms with Crippen LogP contribution in [0.5, 0.6) is 17.2 Å². The van der Waals surface area contributed by atoms with Gasteiger partial charge in [-0.3, -0.25) is 10.1 Å². The maximum absolute atomic E-state index is 10.5. The van der Waals surface area contributed by atoms with Crippen molar-refractivity contribution in [3.8, 4) is 17.2 Å². The van der Waals surface area contributed by atoms with Gasteiger partial charge in [-0.05, 0) is 24.3 Å². The molecule has 0 unspecified atom stereocenters. The van der Waals surface area contributed by atoms with E-state index in [9.17, 15) is 10.1 Å². The number of nitrogens with zero attached hydrogens (tertiary/aromatic N) is 1. The van der Waals surface area contributed by atoms with Crippen molar-refractivity contribution < 1.29 is 14.4 Å². The van der Waals surface area contributed by atoms with Crippen molar-refractivity contribution in [2.45, 2.75) is 0 Å². The zero-order chi connectivity index (χ0) is 13.8. The van der Waals surface area contributed by atoms with Gasteiger partial charge in [0.2, 0.25) is 0 Å². The third kappa shape index (κ3) is 2.74. The average Bonchev–Trinajstić information content (AvgIpc) is 2.41. The Morgan fingerprint density at radius 1 is 1.16 bits per heavy atom. The first kappa shape index (κ1) is 12.7. The molecular formula is C13H12N2O4. The molecule has 2 rings (SSSR count). The lowest BCUT2D eigenvalue weighted by molar-refractivity contribution is -0.384. The lowest BCUT2D eigenvalue weighted by Crippen LogP contribution is -1.95. The maximum atomic E-state index is 10.5. The summed E-state index contributed by atoms with van der Waals surface area (Å²) in [6.45, 7) is 0. The third-order valence-corrected chi connectivity index (χ3v) is 2.50. The van der Waals surface area contributed by atoms with Crippen molar-refractivity contribution in [2.24, 2.45) is 0 Å². The quantitative estimate of drug-likeness (QED) is 0.518. The molecule has 0 atom stereocenters. The number of ether oxygens (including phenoxy) is 2. The largest absolute Gasteiger partial charge is 0.493 e. The van der Waals surface area contributed by atoms with Crippen LogP contribution in [-0.4, -0.2) is 12.0 Å². The molecular weight excluding hydrogens is 248 g/mol. The van der Waals surface area contributed by atoms with Crippen molar-refractivity contribution in [3.05, 3.63) is 52.6 Å². The van der Waals surface area contributed by atoms with Gasteiger partial charge in [-0.2, -0.15) is 0 Å². The molecule has 0 fully saturated rings. The van der Waals surface area contributed by atoms with Crippen molar-refractivity contribution in [3.63, 3.8) is 0 Å². The highest BCUT2D eigenvalue weighted by Gasteiger charge is 2.10. The SMILES string of the molecule is COc1cccc(N)c1Oc1ccc([N+](=O)[O-])cc1. The van der Waals surface area contributed by atoms with Crippen LogP contribution < -0.4 is 15.2 Å². The van der Waals surface area contributed by atoms with Gasteiger partial charge < -0.3 is 15.2 Å². The molecule has 6 nitrogen and oxygen atoms in total. The number of benzene rings is 2. The Bertz CT molecular complexity index is 596. The number of non-ortho nitro benzene ring substituents is 1. The summed E-state index contributed by atoms with van der Waals surface area (Å²) in [5, 5.41) is 10.5. The second-order valence-electron chi connectivity index (χ2n) is 3.73. The fraction of sp³-hybridized carbons (Fsp3) is 0.0769. The highest BCUT2D eigenvalue weighted by molar-refractivity contribution is 5.61. The Morgan fingerprint density at radius 3 is 2.42 bits per heavy atom. The minimum atomic E-state index is -0.471. The lowest BCUT2D eigenvalue weighted by Gasteiger charge is -2.12. The summed E-state index contributed by atoms with van der Waals surface area (Å²) < 4.78 is 10.7. The molecule has 0 heterocycles. The number of nitro benzene ring substituents is 1. The van der Waals surface area contributed by atoms with E-state index in [4.69, 9.17) is 15.2 Å². The normalized spacial score (nSPS) is 9.95. The number of nitrogens with two attached hydrogens (primary N) is 1. The van der Waals surface area contributed by atoms with Crippen LogP contribution in [0, 0.1) is 10.1 Å². The van der Waals surface area contributed by atoms with Crippen LogP contribution in [0.2, 0.25) is 0 Å². The smallest absolute Gasteiger partial charge is 0.269 e. The number of hydrogen-bond acceptors (Lipinski definition) is 5. The van der Waals surface area contributed by atoms with Gasteiger partial charge in [-0.1, -0.05) is 6.07 Å². The first-order valence-electron chi connectivity index (χ1n) is 5.46. The molecule has 98 valence electrons. The number of nitro groups is 1. The Balaban J connectivity index is 2.28. The van der Waals surface area contributed by atoms with Gasteiger partial charge in [0.1, 0.15) is 5.75 Å². The predicted molar refractivity (Wildman–Crippen MR) is 70.6 cm³/mol. The van der Waals surface area contributed by atoms with Crippen molar-refractivity contribution >= 4 is 11.4 Å². The third-order valence-electron chi connectivity index (χ3n) is 2.50. The number of nitrogen functional groups attached to an aromatic ring is 1. The van der Waals surface area contributed by atoms with Gasteiger partial charge in [-0.25, -0.2) is 0 Å². The topological polar surface area (TPSA) is 87.6 Å². The van der Waals surface area contributed by atoms with E-state index < -0.39 is 4.92 Å². The zero-order valence-corrected chi connectivity index (χ0v) is 10.2. The van der Waals surface area contributed by atoms with Crippen molar-refractivity contribution in [1.82, 2.24) is 0 Å². The zero-order valence-electron chi connectivity index (χ0n) is 10.2. The summed E-state index contributed by atoms with van der Waals surface area (Å²) in [7, 11) is 1.51. The minimum Gasteiger partial charge on any atom is -0.493 e. The first-order chi connectivity index (χ1) is 9.11. The standard InChI is InChI=1S/C13H12N2O4/c1-18-12-4-2-3-11(14)13(12)19-10-7-5-9(6-8-10)15(16)17/h2-8H,14H2,1H3. The van der Waals surface area contributed by atoms with Crippen molar-refractivity contribution in [2.75, 3.05) is 12.8 Å². The molecule has 0 aliphatic heterocycles. The molecule has 2 aromatic rings. The maximum Gasteiger partial charge on any atom is 0.269 e. The molecule has 6 heteroatoms. The fourth-order valence-electron chi connectivity index (χ4n) is 1.56. The molecule has 0 aliphatic rings. The van der Waals surface area contributed by atoms with Crippen LogP contribution in [0.15, 0.2) is 42.5 Å². The van der Waals surface area contributed by atoms with Gasteiger partial charge in [0.05, 0.1) is 17.7 Å². The molecule has 0 amide bonds. The van der Waals surface area contributed by atoms with Crippen molar-refractivity contribution in [1.29, 1.82) is 0 Å². The average molecular weight is 260 g/mol. The Labute approximate surface area is 109 Å². The van der Waals surface area contributed by atoms with E-state index in [1.807, 2.05) is 0 Å². The van der Waals surface area contributed by atoms with E-state index in [1.54, 1.807) is 18.2 Å². The molecule has 2 N–H and O–H groups in total. The van der Waals surface area contributed by atoms with Gasteiger partial charge in [0.15, 0.2) is 11.5 Å². The first-order valence-corrected chi connectivity index (χ1v) is 5.46. The molecule has 0 bridgehead atoms. The van der Waals surface area contributed by atoms with E-state index in [1.165, 1.54) is 31.4 Å². The highest BCUT2D eigenvalue weighted by Crippen LogP contribution is 2.36. The molecule has 0 aliphatic carbocycles. The summed E-state index contributed by atoms with van der Waals surface area (Å²) in [5.74, 6) is 1.33. The van der Waals surface area contributed by atoms with E-state index in [-0.39, 0.29) is 5.69 Å². The van der Waals surface area contributed by atoms with E-state index in [0.717, 1.165) is 0 Å².